The van der Waals surface area contributed by atoms with E-state index in [9.17, 15) is 9.50 Å². The van der Waals surface area contributed by atoms with Crippen LogP contribution in [0, 0.1) is 5.82 Å². The Kier molecular flexibility index (Phi) is 3.00. The molecule has 2 heterocycles. The SMILES string of the molecule is Nc1ccc(Oc2ccnc3c2ccn3CO)c(F)c1. The molecule has 0 atom stereocenters. The Bertz CT molecular complexity index is 770. The Balaban J connectivity index is 2.04. The Morgan fingerprint density at radius 3 is 2.85 bits per heavy atom. The van der Waals surface area contributed by atoms with Gasteiger partial charge in [0.05, 0.1) is 5.39 Å². The third-order valence-corrected chi connectivity index (χ3v) is 2.95. The van der Waals surface area contributed by atoms with Gasteiger partial charge in [-0.25, -0.2) is 9.37 Å². The van der Waals surface area contributed by atoms with Crippen molar-refractivity contribution < 1.29 is 14.2 Å². The zero-order valence-electron chi connectivity index (χ0n) is 10.5. The van der Waals surface area contributed by atoms with Crippen LogP contribution in [0.15, 0.2) is 42.7 Å². The maximum Gasteiger partial charge on any atom is 0.167 e. The first-order valence-electron chi connectivity index (χ1n) is 5.96. The molecule has 5 nitrogen and oxygen atoms in total. The molecular formula is C14H12FN3O2. The number of nitrogens with two attached hydrogens (primary N) is 1. The number of anilines is 1. The van der Waals surface area contributed by atoms with E-state index in [-0.39, 0.29) is 12.5 Å². The number of nitrogens with zero attached hydrogens (tertiary/aromatic N) is 2. The van der Waals surface area contributed by atoms with E-state index in [2.05, 4.69) is 4.98 Å². The van der Waals surface area contributed by atoms with Gasteiger partial charge in [0, 0.05) is 24.1 Å². The number of aliphatic hydroxyl groups excluding tert-OH is 1. The highest BCUT2D eigenvalue weighted by Gasteiger charge is 2.10. The lowest BCUT2D eigenvalue weighted by atomic mass is 10.3. The first kappa shape index (κ1) is 12.4. The first-order valence-corrected chi connectivity index (χ1v) is 5.96. The van der Waals surface area contributed by atoms with Crippen molar-refractivity contribution in [3.05, 3.63) is 48.5 Å². The fraction of sp³-hybridized carbons (Fsp3) is 0.0714. The first-order chi connectivity index (χ1) is 9.69. The lowest BCUT2D eigenvalue weighted by Gasteiger charge is -2.08. The van der Waals surface area contributed by atoms with Gasteiger partial charge in [-0.1, -0.05) is 0 Å². The Hall–Kier alpha value is -2.60. The zero-order valence-corrected chi connectivity index (χ0v) is 10.5. The molecule has 1 aromatic carbocycles. The van der Waals surface area contributed by atoms with Crippen LogP contribution in [0.3, 0.4) is 0 Å². The number of aliphatic hydroxyl groups is 1. The van der Waals surface area contributed by atoms with Crippen molar-refractivity contribution in [2.75, 3.05) is 5.73 Å². The molecule has 3 N–H and O–H groups in total. The number of ether oxygens (including phenoxy) is 1. The summed E-state index contributed by atoms with van der Waals surface area (Å²) in [7, 11) is 0. The number of rotatable bonds is 3. The Morgan fingerprint density at radius 1 is 1.25 bits per heavy atom. The molecule has 0 unspecified atom stereocenters. The van der Waals surface area contributed by atoms with Gasteiger partial charge in [0.25, 0.3) is 0 Å². The molecule has 102 valence electrons. The number of hydrogen-bond acceptors (Lipinski definition) is 4. The number of fused-ring (bicyclic) bond motifs is 1. The molecule has 0 aliphatic heterocycles. The predicted molar refractivity (Wildman–Crippen MR) is 72.8 cm³/mol. The summed E-state index contributed by atoms with van der Waals surface area (Å²) in [6, 6.07) is 7.63. The van der Waals surface area contributed by atoms with E-state index in [1.54, 1.807) is 35.2 Å². The van der Waals surface area contributed by atoms with Gasteiger partial charge in [0.15, 0.2) is 11.6 Å². The van der Waals surface area contributed by atoms with E-state index < -0.39 is 5.82 Å². The normalized spacial score (nSPS) is 10.9. The summed E-state index contributed by atoms with van der Waals surface area (Å²) in [6.45, 7) is -0.184. The molecule has 0 bridgehead atoms. The fourth-order valence-corrected chi connectivity index (χ4v) is 1.99. The summed E-state index contributed by atoms with van der Waals surface area (Å²) < 4.78 is 20.9. The minimum Gasteiger partial charge on any atom is -0.453 e. The molecule has 0 radical (unpaired) electrons. The van der Waals surface area contributed by atoms with Crippen molar-refractivity contribution in [3.8, 4) is 11.5 Å². The van der Waals surface area contributed by atoms with E-state index in [4.69, 9.17) is 10.5 Å². The van der Waals surface area contributed by atoms with Crippen LogP contribution >= 0.6 is 0 Å². The van der Waals surface area contributed by atoms with E-state index in [0.717, 1.165) is 0 Å². The van der Waals surface area contributed by atoms with Gasteiger partial charge in [-0.15, -0.1) is 0 Å². The third-order valence-electron chi connectivity index (χ3n) is 2.95. The van der Waals surface area contributed by atoms with Gasteiger partial charge < -0.3 is 20.1 Å². The number of halogens is 1. The van der Waals surface area contributed by atoms with Crippen LogP contribution in [0.2, 0.25) is 0 Å². The average molecular weight is 273 g/mol. The summed E-state index contributed by atoms with van der Waals surface area (Å²) >= 11 is 0. The number of pyridine rings is 1. The van der Waals surface area contributed by atoms with Crippen LogP contribution in [0.5, 0.6) is 11.5 Å². The summed E-state index contributed by atoms with van der Waals surface area (Å²) in [5, 5.41) is 9.88. The lowest BCUT2D eigenvalue weighted by Crippen LogP contribution is -1.96. The molecular weight excluding hydrogens is 261 g/mol. The molecule has 3 aromatic rings. The molecule has 0 fully saturated rings. The molecule has 6 heteroatoms. The lowest BCUT2D eigenvalue weighted by molar-refractivity contribution is 0.215. The molecule has 0 aliphatic carbocycles. The number of nitrogen functional groups attached to an aromatic ring is 1. The smallest absolute Gasteiger partial charge is 0.167 e. The van der Waals surface area contributed by atoms with E-state index in [1.165, 1.54) is 12.1 Å². The van der Waals surface area contributed by atoms with Crippen LogP contribution in [-0.4, -0.2) is 14.7 Å². The topological polar surface area (TPSA) is 73.3 Å². The largest absolute Gasteiger partial charge is 0.453 e. The summed E-state index contributed by atoms with van der Waals surface area (Å²) in [4.78, 5) is 4.16. The van der Waals surface area contributed by atoms with Gasteiger partial charge in [-0.3, -0.25) is 0 Å². The Morgan fingerprint density at radius 2 is 2.10 bits per heavy atom. The molecule has 0 saturated carbocycles. The zero-order chi connectivity index (χ0) is 14.1. The van der Waals surface area contributed by atoms with Crippen molar-refractivity contribution >= 4 is 16.7 Å². The van der Waals surface area contributed by atoms with Crippen molar-refractivity contribution in [2.45, 2.75) is 6.73 Å². The molecule has 2 aromatic heterocycles. The van der Waals surface area contributed by atoms with E-state index in [0.29, 0.717) is 22.5 Å². The van der Waals surface area contributed by atoms with Crippen molar-refractivity contribution in [3.63, 3.8) is 0 Å². The second-order valence-electron chi connectivity index (χ2n) is 4.27. The van der Waals surface area contributed by atoms with Gasteiger partial charge in [-0.05, 0) is 24.3 Å². The summed E-state index contributed by atoms with van der Waals surface area (Å²) in [6.07, 6.45) is 3.23. The van der Waals surface area contributed by atoms with Crippen LogP contribution in [0.1, 0.15) is 0 Å². The minimum absolute atomic E-state index is 0.0865. The maximum atomic E-state index is 13.7. The molecule has 0 spiro atoms. The van der Waals surface area contributed by atoms with Crippen molar-refractivity contribution in [1.29, 1.82) is 0 Å². The van der Waals surface area contributed by atoms with Gasteiger partial charge >= 0.3 is 0 Å². The van der Waals surface area contributed by atoms with E-state index in [1.807, 2.05) is 0 Å². The summed E-state index contributed by atoms with van der Waals surface area (Å²) in [5.74, 6) is 0.0193. The van der Waals surface area contributed by atoms with E-state index >= 15 is 0 Å². The number of hydrogen-bond donors (Lipinski definition) is 2. The Labute approximate surface area is 114 Å². The van der Waals surface area contributed by atoms with Gasteiger partial charge in [0.2, 0.25) is 0 Å². The van der Waals surface area contributed by atoms with Crippen LogP contribution in [-0.2, 0) is 6.73 Å². The molecule has 3 rings (SSSR count). The maximum absolute atomic E-state index is 13.7. The highest BCUT2D eigenvalue weighted by Crippen LogP contribution is 2.31. The molecule has 0 aliphatic rings. The fourth-order valence-electron chi connectivity index (χ4n) is 1.99. The number of benzene rings is 1. The molecule has 0 saturated heterocycles. The monoisotopic (exact) mass is 273 g/mol. The van der Waals surface area contributed by atoms with Crippen molar-refractivity contribution in [2.24, 2.45) is 0 Å². The predicted octanol–water partition coefficient (Wildman–Crippen LogP) is 2.50. The molecule has 20 heavy (non-hydrogen) atoms. The minimum atomic E-state index is -0.531. The summed E-state index contributed by atoms with van der Waals surface area (Å²) in [5.41, 5.74) is 6.40. The number of aromatic nitrogens is 2. The van der Waals surface area contributed by atoms with Crippen molar-refractivity contribution in [1.82, 2.24) is 9.55 Å². The molecule has 0 amide bonds. The quantitative estimate of drug-likeness (QED) is 0.719. The highest BCUT2D eigenvalue weighted by atomic mass is 19.1. The highest BCUT2D eigenvalue weighted by molar-refractivity contribution is 5.83. The second kappa shape index (κ2) is 4.82. The van der Waals surface area contributed by atoms with Crippen LogP contribution in [0.4, 0.5) is 10.1 Å². The van der Waals surface area contributed by atoms with Gasteiger partial charge in [0.1, 0.15) is 18.1 Å². The third kappa shape index (κ3) is 2.06. The standard InChI is InChI=1S/C14H12FN3O2/c15-11-7-9(16)1-2-13(11)20-12-3-5-17-14-10(12)4-6-18(14)8-19/h1-7,19H,8,16H2. The van der Waals surface area contributed by atoms with Crippen LogP contribution < -0.4 is 10.5 Å². The second-order valence-corrected chi connectivity index (χ2v) is 4.27. The van der Waals surface area contributed by atoms with Gasteiger partial charge in [-0.2, -0.15) is 0 Å². The average Bonchev–Trinajstić information content (AvgIpc) is 2.86. The van der Waals surface area contributed by atoms with Crippen LogP contribution in [0.25, 0.3) is 11.0 Å².